The van der Waals surface area contributed by atoms with Crippen molar-refractivity contribution in [3.63, 3.8) is 0 Å². The van der Waals surface area contributed by atoms with Gasteiger partial charge in [-0.05, 0) is 12.5 Å². The Morgan fingerprint density at radius 1 is 1.60 bits per heavy atom. The highest BCUT2D eigenvalue weighted by molar-refractivity contribution is 5.51. The lowest BCUT2D eigenvalue weighted by Gasteiger charge is -2.15. The first-order valence-electron chi connectivity index (χ1n) is 4.88. The van der Waals surface area contributed by atoms with E-state index in [9.17, 15) is 10.1 Å². The zero-order chi connectivity index (χ0) is 11.3. The van der Waals surface area contributed by atoms with Gasteiger partial charge in [0, 0.05) is 30.4 Å². The Kier molecular flexibility index (Phi) is 4.05. The zero-order valence-corrected chi connectivity index (χ0v) is 8.64. The van der Waals surface area contributed by atoms with Gasteiger partial charge in [0.15, 0.2) is 0 Å². The number of nitrogens with two attached hydrogens (primary N) is 1. The van der Waals surface area contributed by atoms with Gasteiger partial charge in [-0.3, -0.25) is 10.1 Å². The van der Waals surface area contributed by atoms with Crippen LogP contribution in [0.4, 0.5) is 11.4 Å². The standard InChI is InChI=1S/C10H15N3O2/c1-2-8(7-11)12-9-4-3-5-10(6-9)13(14)15/h3-6,8,12H,2,7,11H2,1H3. The molecule has 5 nitrogen and oxygen atoms in total. The number of rotatable bonds is 5. The average molecular weight is 209 g/mol. The van der Waals surface area contributed by atoms with Crippen molar-refractivity contribution in [3.05, 3.63) is 34.4 Å². The van der Waals surface area contributed by atoms with Gasteiger partial charge in [0.1, 0.15) is 0 Å². The molecule has 0 amide bonds. The molecule has 1 rings (SSSR count). The number of non-ortho nitro benzene ring substituents is 1. The van der Waals surface area contributed by atoms with Gasteiger partial charge in [-0.25, -0.2) is 0 Å². The molecule has 1 aromatic carbocycles. The molecule has 0 aliphatic rings. The molecule has 0 bridgehead atoms. The molecule has 0 spiro atoms. The SMILES string of the molecule is CCC(CN)Nc1cccc([N+](=O)[O-])c1. The minimum Gasteiger partial charge on any atom is -0.381 e. The summed E-state index contributed by atoms with van der Waals surface area (Å²) in [6.45, 7) is 2.53. The minimum atomic E-state index is -0.408. The molecule has 1 atom stereocenters. The largest absolute Gasteiger partial charge is 0.381 e. The zero-order valence-electron chi connectivity index (χ0n) is 8.64. The molecule has 82 valence electrons. The lowest BCUT2D eigenvalue weighted by molar-refractivity contribution is -0.384. The van der Waals surface area contributed by atoms with Gasteiger partial charge in [0.2, 0.25) is 0 Å². The highest BCUT2D eigenvalue weighted by Gasteiger charge is 2.08. The van der Waals surface area contributed by atoms with E-state index in [4.69, 9.17) is 5.73 Å². The summed E-state index contributed by atoms with van der Waals surface area (Å²) in [4.78, 5) is 10.1. The van der Waals surface area contributed by atoms with Crippen LogP contribution in [0.1, 0.15) is 13.3 Å². The third-order valence-electron chi connectivity index (χ3n) is 2.21. The second-order valence-electron chi connectivity index (χ2n) is 3.29. The van der Waals surface area contributed by atoms with Crippen LogP contribution in [0.2, 0.25) is 0 Å². The topological polar surface area (TPSA) is 81.2 Å². The Morgan fingerprint density at radius 3 is 2.87 bits per heavy atom. The van der Waals surface area contributed by atoms with Crippen LogP contribution in [0, 0.1) is 10.1 Å². The van der Waals surface area contributed by atoms with Gasteiger partial charge in [0.25, 0.3) is 5.69 Å². The third kappa shape index (κ3) is 3.21. The van der Waals surface area contributed by atoms with Gasteiger partial charge in [-0.2, -0.15) is 0 Å². The Bertz CT molecular complexity index is 337. The van der Waals surface area contributed by atoms with Crippen molar-refractivity contribution in [1.29, 1.82) is 0 Å². The maximum absolute atomic E-state index is 10.5. The molecule has 1 aromatic rings. The number of nitro benzene ring substituents is 1. The van der Waals surface area contributed by atoms with E-state index in [1.54, 1.807) is 12.1 Å². The van der Waals surface area contributed by atoms with E-state index in [2.05, 4.69) is 5.32 Å². The molecule has 0 heterocycles. The summed E-state index contributed by atoms with van der Waals surface area (Å²) < 4.78 is 0. The van der Waals surface area contributed by atoms with E-state index in [1.165, 1.54) is 12.1 Å². The first kappa shape index (κ1) is 11.5. The summed E-state index contributed by atoms with van der Waals surface area (Å²) in [6, 6.07) is 6.59. The van der Waals surface area contributed by atoms with Gasteiger partial charge in [0.05, 0.1) is 4.92 Å². The van der Waals surface area contributed by atoms with E-state index in [1.807, 2.05) is 6.92 Å². The van der Waals surface area contributed by atoms with Crippen LogP contribution < -0.4 is 11.1 Å². The van der Waals surface area contributed by atoms with Crippen molar-refractivity contribution in [2.24, 2.45) is 5.73 Å². The summed E-state index contributed by atoms with van der Waals surface area (Å²) in [5, 5.41) is 13.7. The second-order valence-corrected chi connectivity index (χ2v) is 3.29. The average Bonchev–Trinajstić information content (AvgIpc) is 2.26. The molecular formula is C10H15N3O2. The van der Waals surface area contributed by atoms with Crippen LogP contribution in [0.5, 0.6) is 0 Å². The molecule has 3 N–H and O–H groups in total. The molecule has 0 aliphatic carbocycles. The number of hydrogen-bond donors (Lipinski definition) is 2. The molecule has 0 radical (unpaired) electrons. The quantitative estimate of drug-likeness (QED) is 0.571. The summed E-state index contributed by atoms with van der Waals surface area (Å²) in [5.74, 6) is 0. The van der Waals surface area contributed by atoms with Crippen LogP contribution in [0.25, 0.3) is 0 Å². The van der Waals surface area contributed by atoms with Crippen molar-refractivity contribution in [1.82, 2.24) is 0 Å². The fourth-order valence-electron chi connectivity index (χ4n) is 1.27. The third-order valence-corrected chi connectivity index (χ3v) is 2.21. The summed E-state index contributed by atoms with van der Waals surface area (Å²) in [6.07, 6.45) is 0.888. The molecule has 0 aliphatic heterocycles. The van der Waals surface area contributed by atoms with Crippen LogP contribution in [-0.2, 0) is 0 Å². The van der Waals surface area contributed by atoms with Crippen molar-refractivity contribution < 1.29 is 4.92 Å². The Hall–Kier alpha value is -1.62. The fraction of sp³-hybridized carbons (Fsp3) is 0.400. The van der Waals surface area contributed by atoms with Gasteiger partial charge < -0.3 is 11.1 Å². The highest BCUT2D eigenvalue weighted by atomic mass is 16.6. The van der Waals surface area contributed by atoms with Gasteiger partial charge >= 0.3 is 0 Å². The predicted octanol–water partition coefficient (Wildman–Crippen LogP) is 1.74. The Labute approximate surface area is 88.4 Å². The van der Waals surface area contributed by atoms with Crippen molar-refractivity contribution >= 4 is 11.4 Å². The number of anilines is 1. The van der Waals surface area contributed by atoms with Gasteiger partial charge in [-0.15, -0.1) is 0 Å². The van der Waals surface area contributed by atoms with E-state index in [-0.39, 0.29) is 11.7 Å². The van der Waals surface area contributed by atoms with Gasteiger partial charge in [-0.1, -0.05) is 13.0 Å². The number of nitro groups is 1. The lowest BCUT2D eigenvalue weighted by Crippen LogP contribution is -2.27. The van der Waals surface area contributed by atoms with E-state index < -0.39 is 4.92 Å². The van der Waals surface area contributed by atoms with Crippen molar-refractivity contribution in [2.75, 3.05) is 11.9 Å². The van der Waals surface area contributed by atoms with Crippen molar-refractivity contribution in [2.45, 2.75) is 19.4 Å². The maximum Gasteiger partial charge on any atom is 0.271 e. The van der Waals surface area contributed by atoms with Crippen LogP contribution in [-0.4, -0.2) is 17.5 Å². The lowest BCUT2D eigenvalue weighted by atomic mass is 10.2. The van der Waals surface area contributed by atoms with Crippen molar-refractivity contribution in [3.8, 4) is 0 Å². The van der Waals surface area contributed by atoms with Crippen LogP contribution in [0.15, 0.2) is 24.3 Å². The Morgan fingerprint density at radius 2 is 2.33 bits per heavy atom. The molecule has 0 saturated carbocycles. The second kappa shape index (κ2) is 5.31. The molecular weight excluding hydrogens is 194 g/mol. The van der Waals surface area contributed by atoms with E-state index >= 15 is 0 Å². The van der Waals surface area contributed by atoms with Crippen LogP contribution in [0.3, 0.4) is 0 Å². The number of nitrogens with one attached hydrogen (secondary N) is 1. The highest BCUT2D eigenvalue weighted by Crippen LogP contribution is 2.17. The fourth-order valence-corrected chi connectivity index (χ4v) is 1.27. The summed E-state index contributed by atoms with van der Waals surface area (Å²) >= 11 is 0. The smallest absolute Gasteiger partial charge is 0.271 e. The molecule has 5 heteroatoms. The first-order valence-corrected chi connectivity index (χ1v) is 4.88. The number of nitrogens with zero attached hydrogens (tertiary/aromatic N) is 1. The number of hydrogen-bond acceptors (Lipinski definition) is 4. The molecule has 1 unspecified atom stereocenters. The summed E-state index contributed by atoms with van der Waals surface area (Å²) in [7, 11) is 0. The monoisotopic (exact) mass is 209 g/mol. The Balaban J connectivity index is 2.77. The predicted molar refractivity (Wildman–Crippen MR) is 59.9 cm³/mol. The minimum absolute atomic E-state index is 0.0897. The first-order chi connectivity index (χ1) is 7.17. The summed E-state index contributed by atoms with van der Waals surface area (Å²) in [5.41, 5.74) is 6.36. The molecule has 15 heavy (non-hydrogen) atoms. The van der Waals surface area contributed by atoms with E-state index in [0.717, 1.165) is 12.1 Å². The van der Waals surface area contributed by atoms with Crippen LogP contribution >= 0.6 is 0 Å². The van der Waals surface area contributed by atoms with E-state index in [0.29, 0.717) is 6.54 Å². The molecule has 0 aromatic heterocycles. The number of benzene rings is 1. The molecule has 0 saturated heterocycles. The maximum atomic E-state index is 10.5. The molecule has 0 fully saturated rings. The normalized spacial score (nSPS) is 12.1.